The van der Waals surface area contributed by atoms with Gasteiger partial charge < -0.3 is 15.2 Å². The fourth-order valence-corrected chi connectivity index (χ4v) is 2.64. The SMILES string of the molecule is COc1ccc(C(C)NC(C)c2ccccc2C)c(O)c1. The third kappa shape index (κ3) is 3.56. The zero-order valence-electron chi connectivity index (χ0n) is 13.1. The van der Waals surface area contributed by atoms with Crippen molar-refractivity contribution >= 4 is 0 Å². The molecule has 0 aliphatic rings. The Morgan fingerprint density at radius 2 is 1.67 bits per heavy atom. The third-order valence-electron chi connectivity index (χ3n) is 3.86. The van der Waals surface area contributed by atoms with E-state index in [9.17, 15) is 5.11 Å². The van der Waals surface area contributed by atoms with Crippen molar-refractivity contribution in [3.05, 3.63) is 59.2 Å². The summed E-state index contributed by atoms with van der Waals surface area (Å²) in [6.07, 6.45) is 0. The highest BCUT2D eigenvalue weighted by molar-refractivity contribution is 5.41. The van der Waals surface area contributed by atoms with Crippen LogP contribution in [-0.4, -0.2) is 12.2 Å². The van der Waals surface area contributed by atoms with Gasteiger partial charge >= 0.3 is 0 Å². The molecule has 2 rings (SSSR count). The molecule has 21 heavy (non-hydrogen) atoms. The number of benzene rings is 2. The van der Waals surface area contributed by atoms with Gasteiger partial charge in [-0.2, -0.15) is 0 Å². The maximum absolute atomic E-state index is 10.1. The van der Waals surface area contributed by atoms with Crippen molar-refractivity contribution in [2.45, 2.75) is 32.9 Å². The minimum absolute atomic E-state index is 0.0468. The zero-order valence-corrected chi connectivity index (χ0v) is 13.1. The maximum atomic E-state index is 10.1. The fourth-order valence-electron chi connectivity index (χ4n) is 2.64. The number of hydrogen-bond acceptors (Lipinski definition) is 3. The summed E-state index contributed by atoms with van der Waals surface area (Å²) in [4.78, 5) is 0. The predicted octanol–water partition coefficient (Wildman–Crippen LogP) is 4.12. The fraction of sp³-hybridized carbons (Fsp3) is 0.333. The number of nitrogens with one attached hydrogen (secondary N) is 1. The minimum Gasteiger partial charge on any atom is -0.507 e. The average Bonchev–Trinajstić information content (AvgIpc) is 2.47. The third-order valence-corrected chi connectivity index (χ3v) is 3.86. The van der Waals surface area contributed by atoms with E-state index in [1.54, 1.807) is 13.2 Å². The summed E-state index contributed by atoms with van der Waals surface area (Å²) >= 11 is 0. The van der Waals surface area contributed by atoms with E-state index in [0.717, 1.165) is 5.56 Å². The lowest BCUT2D eigenvalue weighted by Gasteiger charge is -2.23. The van der Waals surface area contributed by atoms with Crippen LogP contribution in [0.2, 0.25) is 0 Å². The quantitative estimate of drug-likeness (QED) is 0.868. The monoisotopic (exact) mass is 285 g/mol. The second-order valence-electron chi connectivity index (χ2n) is 5.39. The molecule has 0 aliphatic carbocycles. The molecule has 2 N–H and O–H groups in total. The first kappa shape index (κ1) is 15.4. The Morgan fingerprint density at radius 3 is 2.29 bits per heavy atom. The number of phenols is 1. The van der Waals surface area contributed by atoms with Gasteiger partial charge in [-0.05, 0) is 38.0 Å². The summed E-state index contributed by atoms with van der Waals surface area (Å²) in [5.74, 6) is 0.918. The molecule has 0 saturated heterocycles. The predicted molar refractivity (Wildman–Crippen MR) is 85.8 cm³/mol. The van der Waals surface area contributed by atoms with Crippen LogP contribution in [-0.2, 0) is 0 Å². The molecule has 3 nitrogen and oxygen atoms in total. The second-order valence-corrected chi connectivity index (χ2v) is 5.39. The molecule has 2 unspecified atom stereocenters. The second kappa shape index (κ2) is 6.64. The van der Waals surface area contributed by atoms with Gasteiger partial charge in [0.15, 0.2) is 0 Å². The molecule has 0 amide bonds. The first-order valence-corrected chi connectivity index (χ1v) is 7.21. The van der Waals surface area contributed by atoms with Gasteiger partial charge in [0.2, 0.25) is 0 Å². The van der Waals surface area contributed by atoms with Gasteiger partial charge in [-0.15, -0.1) is 0 Å². The van der Waals surface area contributed by atoms with Gasteiger partial charge in [0.25, 0.3) is 0 Å². The molecule has 0 radical (unpaired) electrons. The van der Waals surface area contributed by atoms with Gasteiger partial charge in [-0.1, -0.05) is 30.3 Å². The summed E-state index contributed by atoms with van der Waals surface area (Å²) in [7, 11) is 1.59. The van der Waals surface area contributed by atoms with E-state index in [4.69, 9.17) is 4.74 Å². The van der Waals surface area contributed by atoms with E-state index in [0.29, 0.717) is 5.75 Å². The van der Waals surface area contributed by atoms with Gasteiger partial charge in [0.1, 0.15) is 11.5 Å². The van der Waals surface area contributed by atoms with E-state index < -0.39 is 0 Å². The van der Waals surface area contributed by atoms with Crippen molar-refractivity contribution < 1.29 is 9.84 Å². The van der Waals surface area contributed by atoms with Crippen molar-refractivity contribution in [2.24, 2.45) is 0 Å². The highest BCUT2D eigenvalue weighted by Gasteiger charge is 2.15. The van der Waals surface area contributed by atoms with Crippen LogP contribution in [0.4, 0.5) is 0 Å². The minimum atomic E-state index is 0.0468. The first-order chi connectivity index (χ1) is 10.0. The number of hydrogen-bond donors (Lipinski definition) is 2. The number of aromatic hydroxyl groups is 1. The standard InChI is InChI=1S/C18H23NO2/c1-12-7-5-6-8-16(12)13(2)19-14(3)17-10-9-15(21-4)11-18(17)20/h5-11,13-14,19-20H,1-4H3. The lowest BCUT2D eigenvalue weighted by atomic mass is 10.00. The Kier molecular flexibility index (Phi) is 4.86. The van der Waals surface area contributed by atoms with Crippen molar-refractivity contribution in [3.8, 4) is 11.5 Å². The van der Waals surface area contributed by atoms with Crippen LogP contribution in [0.15, 0.2) is 42.5 Å². The van der Waals surface area contributed by atoms with Crippen LogP contribution in [0.1, 0.15) is 42.6 Å². The van der Waals surface area contributed by atoms with Crippen LogP contribution < -0.4 is 10.1 Å². The highest BCUT2D eigenvalue weighted by Crippen LogP contribution is 2.30. The molecule has 0 bridgehead atoms. The molecule has 3 heteroatoms. The summed E-state index contributed by atoms with van der Waals surface area (Å²) < 4.78 is 5.12. The van der Waals surface area contributed by atoms with E-state index in [-0.39, 0.29) is 17.8 Å². The van der Waals surface area contributed by atoms with Crippen LogP contribution in [0, 0.1) is 6.92 Å². The number of ether oxygens (including phenoxy) is 1. The van der Waals surface area contributed by atoms with Crippen LogP contribution in [0.3, 0.4) is 0 Å². The Hall–Kier alpha value is -2.00. The molecule has 0 saturated carbocycles. The van der Waals surface area contributed by atoms with E-state index >= 15 is 0 Å². The zero-order chi connectivity index (χ0) is 15.4. The van der Waals surface area contributed by atoms with Crippen molar-refractivity contribution in [3.63, 3.8) is 0 Å². The number of methoxy groups -OCH3 is 1. The van der Waals surface area contributed by atoms with Gasteiger partial charge in [0.05, 0.1) is 7.11 Å². The number of aryl methyl sites for hydroxylation is 1. The number of rotatable bonds is 5. The van der Waals surface area contributed by atoms with Crippen LogP contribution in [0.5, 0.6) is 11.5 Å². The summed E-state index contributed by atoms with van der Waals surface area (Å²) in [6, 6.07) is 14.0. The summed E-state index contributed by atoms with van der Waals surface area (Å²) in [5.41, 5.74) is 3.41. The normalized spacial score (nSPS) is 13.7. The molecule has 2 aromatic carbocycles. The largest absolute Gasteiger partial charge is 0.507 e. The molecule has 0 heterocycles. The maximum Gasteiger partial charge on any atom is 0.124 e. The van der Waals surface area contributed by atoms with E-state index in [2.05, 4.69) is 44.3 Å². The first-order valence-electron chi connectivity index (χ1n) is 7.21. The topological polar surface area (TPSA) is 41.5 Å². The molecule has 0 spiro atoms. The van der Waals surface area contributed by atoms with Crippen LogP contribution >= 0.6 is 0 Å². The van der Waals surface area contributed by atoms with Crippen molar-refractivity contribution in [2.75, 3.05) is 7.11 Å². The summed E-state index contributed by atoms with van der Waals surface area (Å²) in [6.45, 7) is 6.30. The van der Waals surface area contributed by atoms with E-state index in [1.165, 1.54) is 11.1 Å². The van der Waals surface area contributed by atoms with E-state index in [1.807, 2.05) is 18.2 Å². The lowest BCUT2D eigenvalue weighted by Crippen LogP contribution is -2.23. The molecule has 0 fully saturated rings. The summed E-state index contributed by atoms with van der Waals surface area (Å²) in [5, 5.41) is 13.6. The molecule has 112 valence electrons. The Morgan fingerprint density at radius 1 is 1.00 bits per heavy atom. The molecular formula is C18H23NO2. The molecule has 2 aromatic rings. The van der Waals surface area contributed by atoms with Crippen molar-refractivity contribution in [1.29, 1.82) is 0 Å². The van der Waals surface area contributed by atoms with Gasteiger partial charge in [-0.3, -0.25) is 0 Å². The average molecular weight is 285 g/mol. The molecule has 2 atom stereocenters. The van der Waals surface area contributed by atoms with Crippen LogP contribution in [0.25, 0.3) is 0 Å². The Bertz CT molecular complexity index is 610. The van der Waals surface area contributed by atoms with Gasteiger partial charge in [-0.25, -0.2) is 0 Å². The number of phenolic OH excluding ortho intramolecular Hbond substituents is 1. The highest BCUT2D eigenvalue weighted by atomic mass is 16.5. The molecule has 0 aromatic heterocycles. The smallest absolute Gasteiger partial charge is 0.124 e. The Labute approximate surface area is 126 Å². The van der Waals surface area contributed by atoms with Gasteiger partial charge in [0, 0.05) is 23.7 Å². The molecule has 0 aliphatic heterocycles. The lowest BCUT2D eigenvalue weighted by molar-refractivity contribution is 0.402. The molecular weight excluding hydrogens is 262 g/mol. The Balaban J connectivity index is 2.14. The van der Waals surface area contributed by atoms with Crippen molar-refractivity contribution in [1.82, 2.24) is 5.32 Å².